The van der Waals surface area contributed by atoms with Gasteiger partial charge in [-0.25, -0.2) is 0 Å². The summed E-state index contributed by atoms with van der Waals surface area (Å²) < 4.78 is 7.25. The fourth-order valence-electron chi connectivity index (χ4n) is 3.94. The Bertz CT molecular complexity index is 1310. The van der Waals surface area contributed by atoms with Crippen molar-refractivity contribution in [2.24, 2.45) is 0 Å². The lowest BCUT2D eigenvalue weighted by atomic mass is 10.0. The van der Waals surface area contributed by atoms with Crippen LogP contribution in [0.3, 0.4) is 0 Å². The standard InChI is InChI=1S/C24H17BrN4O3S/c25-16-6-10-17(11-7-16)28-23(22(27-24(28)33)19-3-1-2-14-26-19)21-13-12-20(32-21)15-4-8-18(9-5-15)29(30)31/h1-14,22-23H,(H,27,33)/t22-,23+/m0/s1. The molecule has 164 valence electrons. The smallest absolute Gasteiger partial charge is 0.269 e. The summed E-state index contributed by atoms with van der Waals surface area (Å²) in [6, 6.07) is 23.3. The van der Waals surface area contributed by atoms with Crippen LogP contribution in [0.25, 0.3) is 11.3 Å². The minimum Gasteiger partial charge on any atom is -0.459 e. The largest absolute Gasteiger partial charge is 0.459 e. The molecule has 0 saturated carbocycles. The predicted octanol–water partition coefficient (Wildman–Crippen LogP) is 6.19. The molecule has 0 radical (unpaired) electrons. The Morgan fingerprint density at radius 3 is 2.45 bits per heavy atom. The van der Waals surface area contributed by atoms with Crippen molar-refractivity contribution in [3.63, 3.8) is 0 Å². The van der Waals surface area contributed by atoms with Gasteiger partial charge in [-0.05, 0) is 72.9 Å². The van der Waals surface area contributed by atoms with Gasteiger partial charge in [0.2, 0.25) is 0 Å². The summed E-state index contributed by atoms with van der Waals surface area (Å²) in [6.07, 6.45) is 1.75. The minimum absolute atomic E-state index is 0.0347. The molecule has 2 atom stereocenters. The highest BCUT2D eigenvalue weighted by Gasteiger charge is 2.42. The van der Waals surface area contributed by atoms with Crippen molar-refractivity contribution in [2.45, 2.75) is 12.1 Å². The molecule has 4 aromatic rings. The molecule has 1 aliphatic rings. The monoisotopic (exact) mass is 520 g/mol. The number of hydrogen-bond acceptors (Lipinski definition) is 5. The first kappa shape index (κ1) is 21.3. The Labute approximate surface area is 203 Å². The molecule has 1 saturated heterocycles. The van der Waals surface area contributed by atoms with E-state index in [1.807, 2.05) is 59.5 Å². The van der Waals surface area contributed by atoms with Crippen LogP contribution in [0.5, 0.6) is 0 Å². The number of nitrogens with one attached hydrogen (secondary N) is 1. The van der Waals surface area contributed by atoms with Crippen LogP contribution in [-0.4, -0.2) is 15.0 Å². The second-order valence-corrected chi connectivity index (χ2v) is 8.78. The van der Waals surface area contributed by atoms with Gasteiger partial charge in [0.15, 0.2) is 5.11 Å². The number of benzene rings is 2. The van der Waals surface area contributed by atoms with Gasteiger partial charge in [0.05, 0.1) is 16.7 Å². The third-order valence-electron chi connectivity index (χ3n) is 5.48. The Kier molecular flexibility index (Phi) is 5.65. The number of pyridine rings is 1. The topological polar surface area (TPSA) is 84.4 Å². The average molecular weight is 521 g/mol. The van der Waals surface area contributed by atoms with Gasteiger partial charge in [-0.15, -0.1) is 0 Å². The summed E-state index contributed by atoms with van der Waals surface area (Å²) >= 11 is 9.20. The molecule has 2 aromatic heterocycles. The molecule has 0 amide bonds. The molecule has 0 unspecified atom stereocenters. The molecule has 1 aliphatic heterocycles. The van der Waals surface area contributed by atoms with Crippen LogP contribution in [0.15, 0.2) is 93.9 Å². The highest BCUT2D eigenvalue weighted by molar-refractivity contribution is 9.10. The lowest BCUT2D eigenvalue weighted by Gasteiger charge is -2.26. The van der Waals surface area contributed by atoms with Crippen molar-refractivity contribution in [3.05, 3.63) is 111 Å². The van der Waals surface area contributed by atoms with Crippen molar-refractivity contribution in [2.75, 3.05) is 4.90 Å². The van der Waals surface area contributed by atoms with Crippen molar-refractivity contribution >= 4 is 44.6 Å². The number of non-ortho nitro benzene ring substituents is 1. The van der Waals surface area contributed by atoms with E-state index in [0.717, 1.165) is 21.4 Å². The zero-order chi connectivity index (χ0) is 22.9. The Morgan fingerprint density at radius 2 is 1.79 bits per heavy atom. The molecule has 2 aromatic carbocycles. The zero-order valence-electron chi connectivity index (χ0n) is 17.1. The van der Waals surface area contributed by atoms with Gasteiger partial charge in [0, 0.05) is 34.1 Å². The highest BCUT2D eigenvalue weighted by Crippen LogP contribution is 2.43. The normalized spacial score (nSPS) is 17.7. The molecule has 0 aliphatic carbocycles. The van der Waals surface area contributed by atoms with E-state index in [0.29, 0.717) is 16.6 Å². The van der Waals surface area contributed by atoms with Gasteiger partial charge < -0.3 is 14.6 Å². The van der Waals surface area contributed by atoms with Crippen molar-refractivity contribution in [1.29, 1.82) is 0 Å². The van der Waals surface area contributed by atoms with Crippen LogP contribution in [0.1, 0.15) is 23.5 Å². The maximum Gasteiger partial charge on any atom is 0.269 e. The number of nitro groups is 1. The van der Waals surface area contributed by atoms with Crippen LogP contribution in [-0.2, 0) is 0 Å². The molecule has 7 nitrogen and oxygen atoms in total. The summed E-state index contributed by atoms with van der Waals surface area (Å²) in [5.74, 6) is 1.32. The number of rotatable bonds is 5. The van der Waals surface area contributed by atoms with Gasteiger partial charge in [0.1, 0.15) is 17.6 Å². The number of nitrogens with zero attached hydrogens (tertiary/aromatic N) is 3. The average Bonchev–Trinajstić information content (AvgIpc) is 3.45. The maximum atomic E-state index is 11.0. The molecule has 3 heterocycles. The second kappa shape index (κ2) is 8.76. The second-order valence-electron chi connectivity index (χ2n) is 7.48. The van der Waals surface area contributed by atoms with Crippen LogP contribution in [0.4, 0.5) is 11.4 Å². The van der Waals surface area contributed by atoms with E-state index in [2.05, 4.69) is 26.2 Å². The van der Waals surface area contributed by atoms with E-state index in [9.17, 15) is 10.1 Å². The molecular formula is C24H17BrN4O3S. The Balaban J connectivity index is 1.56. The predicted molar refractivity (Wildman–Crippen MR) is 133 cm³/mol. The van der Waals surface area contributed by atoms with E-state index in [1.54, 1.807) is 18.3 Å². The van der Waals surface area contributed by atoms with E-state index < -0.39 is 4.92 Å². The van der Waals surface area contributed by atoms with Gasteiger partial charge in [-0.3, -0.25) is 15.1 Å². The first-order valence-electron chi connectivity index (χ1n) is 10.1. The molecule has 5 rings (SSSR count). The zero-order valence-corrected chi connectivity index (χ0v) is 19.5. The van der Waals surface area contributed by atoms with E-state index in [1.165, 1.54) is 12.1 Å². The fourth-order valence-corrected chi connectivity index (χ4v) is 4.55. The number of furan rings is 1. The third-order valence-corrected chi connectivity index (χ3v) is 6.33. The van der Waals surface area contributed by atoms with E-state index in [-0.39, 0.29) is 17.8 Å². The number of thiocarbonyl (C=S) groups is 1. The van der Waals surface area contributed by atoms with Gasteiger partial charge >= 0.3 is 0 Å². The van der Waals surface area contributed by atoms with Crippen molar-refractivity contribution in [1.82, 2.24) is 10.3 Å². The lowest BCUT2D eigenvalue weighted by Crippen LogP contribution is -2.29. The number of halogens is 1. The number of nitro benzene ring substituents is 1. The van der Waals surface area contributed by atoms with Crippen LogP contribution < -0.4 is 10.2 Å². The summed E-state index contributed by atoms with van der Waals surface area (Å²) in [5, 5.41) is 14.9. The summed E-state index contributed by atoms with van der Waals surface area (Å²) in [7, 11) is 0. The van der Waals surface area contributed by atoms with E-state index >= 15 is 0 Å². The molecule has 1 N–H and O–H groups in total. The molecule has 1 fully saturated rings. The van der Waals surface area contributed by atoms with Crippen molar-refractivity contribution in [3.8, 4) is 11.3 Å². The first-order chi connectivity index (χ1) is 16.0. The van der Waals surface area contributed by atoms with Gasteiger partial charge in [-0.1, -0.05) is 22.0 Å². The molecular weight excluding hydrogens is 504 g/mol. The minimum atomic E-state index is -0.421. The quantitative estimate of drug-likeness (QED) is 0.191. The van der Waals surface area contributed by atoms with Crippen LogP contribution >= 0.6 is 28.1 Å². The molecule has 9 heteroatoms. The first-order valence-corrected chi connectivity index (χ1v) is 11.3. The third kappa shape index (κ3) is 4.12. The summed E-state index contributed by atoms with van der Waals surface area (Å²) in [6.45, 7) is 0. The van der Waals surface area contributed by atoms with Crippen molar-refractivity contribution < 1.29 is 9.34 Å². The highest BCUT2D eigenvalue weighted by atomic mass is 79.9. The molecule has 0 spiro atoms. The Morgan fingerprint density at radius 1 is 1.03 bits per heavy atom. The fraction of sp³-hybridized carbons (Fsp3) is 0.0833. The summed E-state index contributed by atoms with van der Waals surface area (Å²) in [5.41, 5.74) is 2.56. The lowest BCUT2D eigenvalue weighted by molar-refractivity contribution is -0.384. The van der Waals surface area contributed by atoms with Crippen LogP contribution in [0.2, 0.25) is 0 Å². The van der Waals surface area contributed by atoms with Gasteiger partial charge in [0.25, 0.3) is 5.69 Å². The van der Waals surface area contributed by atoms with Crippen LogP contribution in [0, 0.1) is 10.1 Å². The SMILES string of the molecule is O=[N+]([O-])c1ccc(-c2ccc([C@@H]3[C@H](c4ccccn4)NC(=S)N3c3ccc(Br)cc3)o2)cc1. The number of hydrogen-bond donors (Lipinski definition) is 1. The Hall–Kier alpha value is -3.56. The molecule has 0 bridgehead atoms. The van der Waals surface area contributed by atoms with Gasteiger partial charge in [-0.2, -0.15) is 0 Å². The number of anilines is 1. The molecule has 33 heavy (non-hydrogen) atoms. The number of aromatic nitrogens is 1. The van der Waals surface area contributed by atoms with E-state index in [4.69, 9.17) is 16.6 Å². The maximum absolute atomic E-state index is 11.0. The summed E-state index contributed by atoms with van der Waals surface area (Å²) in [4.78, 5) is 17.1.